The summed E-state index contributed by atoms with van der Waals surface area (Å²) in [5.74, 6) is -1.89. The third-order valence-corrected chi connectivity index (χ3v) is 2.83. The van der Waals surface area contributed by atoms with Gasteiger partial charge in [-0.05, 0) is 43.3 Å². The molecular formula is C15H13ClFNO2. The van der Waals surface area contributed by atoms with Crippen molar-refractivity contribution in [2.45, 2.75) is 6.92 Å². The zero-order valence-electron chi connectivity index (χ0n) is 10.8. The molecule has 0 saturated heterocycles. The number of aromatic nitrogens is 1. The van der Waals surface area contributed by atoms with E-state index in [-0.39, 0.29) is 6.61 Å². The number of carbonyl (C=O) groups excluding carboxylic acids is 1. The molecule has 1 aromatic carbocycles. The summed E-state index contributed by atoms with van der Waals surface area (Å²) in [6.45, 7) is 1.77. The van der Waals surface area contributed by atoms with E-state index in [1.165, 1.54) is 6.08 Å². The van der Waals surface area contributed by atoms with E-state index in [9.17, 15) is 9.18 Å². The van der Waals surface area contributed by atoms with E-state index in [1.807, 2.05) is 18.2 Å². The largest absolute Gasteiger partial charge is 0.461 e. The molecule has 0 aliphatic carbocycles. The lowest BCUT2D eigenvalue weighted by molar-refractivity contribution is -0.140. The summed E-state index contributed by atoms with van der Waals surface area (Å²) in [6.07, 6.45) is 4.17. The topological polar surface area (TPSA) is 42.1 Å². The van der Waals surface area contributed by atoms with Crippen LogP contribution in [0.2, 0.25) is 5.02 Å². The van der Waals surface area contributed by atoms with Crippen molar-refractivity contribution < 1.29 is 13.9 Å². The number of halogens is 2. The Bertz CT molecular complexity index is 688. The normalized spacial score (nSPS) is 12.2. The molecule has 1 N–H and O–H groups in total. The number of carbonyl (C=O) groups is 1. The molecule has 0 aliphatic rings. The second kappa shape index (κ2) is 6.39. The van der Waals surface area contributed by atoms with E-state index >= 15 is 0 Å². The van der Waals surface area contributed by atoms with Gasteiger partial charge in [0.1, 0.15) is 0 Å². The van der Waals surface area contributed by atoms with E-state index < -0.39 is 11.8 Å². The number of esters is 1. The maximum absolute atomic E-state index is 13.3. The fourth-order valence-electron chi connectivity index (χ4n) is 1.72. The molecule has 2 aromatic rings. The molecule has 0 unspecified atom stereocenters. The Labute approximate surface area is 120 Å². The first-order valence-electron chi connectivity index (χ1n) is 6.09. The van der Waals surface area contributed by atoms with Gasteiger partial charge in [0.15, 0.2) is 0 Å². The van der Waals surface area contributed by atoms with Gasteiger partial charge in [0, 0.05) is 21.6 Å². The molecule has 0 spiro atoms. The Morgan fingerprint density at radius 1 is 1.45 bits per heavy atom. The molecule has 3 nitrogen and oxygen atoms in total. The number of nitrogens with one attached hydrogen (secondary N) is 1. The predicted molar refractivity (Wildman–Crippen MR) is 78.2 cm³/mol. The summed E-state index contributed by atoms with van der Waals surface area (Å²) >= 11 is 5.90. The first-order chi connectivity index (χ1) is 9.60. The number of hydrogen-bond acceptors (Lipinski definition) is 2. The van der Waals surface area contributed by atoms with Crippen molar-refractivity contribution in [2.24, 2.45) is 0 Å². The van der Waals surface area contributed by atoms with Gasteiger partial charge < -0.3 is 9.72 Å². The number of aromatic amines is 1. The SMILES string of the molecule is CCOC(=O)/C(F)=C/C=C/c1cc2cc(Cl)ccc2[nH]1. The van der Waals surface area contributed by atoms with E-state index in [0.717, 1.165) is 22.7 Å². The van der Waals surface area contributed by atoms with Crippen LogP contribution in [0.5, 0.6) is 0 Å². The Kier molecular flexibility index (Phi) is 4.58. The monoisotopic (exact) mass is 293 g/mol. The first-order valence-corrected chi connectivity index (χ1v) is 6.47. The van der Waals surface area contributed by atoms with Crippen LogP contribution in [0.4, 0.5) is 4.39 Å². The summed E-state index contributed by atoms with van der Waals surface area (Å²) in [7, 11) is 0. The van der Waals surface area contributed by atoms with E-state index in [1.54, 1.807) is 19.1 Å². The maximum Gasteiger partial charge on any atom is 0.367 e. The highest BCUT2D eigenvalue weighted by Crippen LogP contribution is 2.20. The van der Waals surface area contributed by atoms with Crippen molar-refractivity contribution in [1.82, 2.24) is 4.98 Å². The Hall–Kier alpha value is -2.07. The van der Waals surface area contributed by atoms with Gasteiger partial charge in [-0.25, -0.2) is 4.79 Å². The highest BCUT2D eigenvalue weighted by molar-refractivity contribution is 6.31. The van der Waals surface area contributed by atoms with E-state index in [0.29, 0.717) is 5.02 Å². The summed E-state index contributed by atoms with van der Waals surface area (Å²) in [4.78, 5) is 14.2. The first kappa shape index (κ1) is 14.3. The zero-order valence-corrected chi connectivity index (χ0v) is 11.6. The summed E-state index contributed by atoms with van der Waals surface area (Å²) < 4.78 is 17.8. The van der Waals surface area contributed by atoms with Crippen molar-refractivity contribution in [2.75, 3.05) is 6.61 Å². The van der Waals surface area contributed by atoms with Gasteiger partial charge in [-0.1, -0.05) is 17.7 Å². The van der Waals surface area contributed by atoms with Crippen LogP contribution in [0.15, 0.2) is 42.2 Å². The average molecular weight is 294 g/mol. The number of benzene rings is 1. The highest BCUT2D eigenvalue weighted by atomic mass is 35.5. The van der Waals surface area contributed by atoms with Crippen LogP contribution in [-0.4, -0.2) is 17.6 Å². The molecule has 104 valence electrons. The van der Waals surface area contributed by atoms with Crippen LogP contribution in [0, 0.1) is 0 Å². The number of ether oxygens (including phenoxy) is 1. The van der Waals surface area contributed by atoms with Crippen LogP contribution in [0.3, 0.4) is 0 Å². The van der Waals surface area contributed by atoms with Crippen molar-refractivity contribution >= 4 is 34.5 Å². The summed E-state index contributed by atoms with van der Waals surface area (Å²) in [5, 5.41) is 1.62. The molecule has 0 aliphatic heterocycles. The number of allylic oxidation sites excluding steroid dienone is 2. The molecule has 1 aromatic heterocycles. The van der Waals surface area contributed by atoms with Gasteiger partial charge in [-0.15, -0.1) is 0 Å². The van der Waals surface area contributed by atoms with Gasteiger partial charge in [-0.3, -0.25) is 0 Å². The predicted octanol–water partition coefficient (Wildman–Crippen LogP) is 4.25. The average Bonchev–Trinajstić information content (AvgIpc) is 2.80. The third kappa shape index (κ3) is 3.48. The Morgan fingerprint density at radius 2 is 2.25 bits per heavy atom. The van der Waals surface area contributed by atoms with Gasteiger partial charge in [0.25, 0.3) is 0 Å². The number of H-pyrrole nitrogens is 1. The van der Waals surface area contributed by atoms with Crippen LogP contribution in [0.1, 0.15) is 12.6 Å². The second-order valence-electron chi connectivity index (χ2n) is 4.05. The van der Waals surface area contributed by atoms with Crippen molar-refractivity contribution in [1.29, 1.82) is 0 Å². The molecule has 1 heterocycles. The molecule has 0 atom stereocenters. The Morgan fingerprint density at radius 3 is 3.00 bits per heavy atom. The van der Waals surface area contributed by atoms with E-state index in [2.05, 4.69) is 9.72 Å². The van der Waals surface area contributed by atoms with Gasteiger partial charge >= 0.3 is 5.97 Å². The fraction of sp³-hybridized carbons (Fsp3) is 0.133. The molecule has 5 heteroatoms. The number of fused-ring (bicyclic) bond motifs is 1. The number of rotatable bonds is 4. The molecule has 0 bridgehead atoms. The molecule has 2 rings (SSSR count). The fourth-order valence-corrected chi connectivity index (χ4v) is 1.90. The van der Waals surface area contributed by atoms with Crippen LogP contribution in [0.25, 0.3) is 17.0 Å². The lowest BCUT2D eigenvalue weighted by Crippen LogP contribution is -2.03. The zero-order chi connectivity index (χ0) is 14.5. The molecule has 0 amide bonds. The third-order valence-electron chi connectivity index (χ3n) is 2.59. The second-order valence-corrected chi connectivity index (χ2v) is 4.49. The highest BCUT2D eigenvalue weighted by Gasteiger charge is 2.07. The van der Waals surface area contributed by atoms with Crippen molar-refractivity contribution in [3.8, 4) is 0 Å². The van der Waals surface area contributed by atoms with Crippen LogP contribution < -0.4 is 0 Å². The quantitative estimate of drug-likeness (QED) is 0.520. The van der Waals surface area contributed by atoms with Gasteiger partial charge in [0.2, 0.25) is 5.83 Å². The minimum Gasteiger partial charge on any atom is -0.461 e. The molecule has 0 radical (unpaired) electrons. The lowest BCUT2D eigenvalue weighted by Gasteiger charge is -1.96. The summed E-state index contributed by atoms with van der Waals surface area (Å²) in [5.41, 5.74) is 1.72. The van der Waals surface area contributed by atoms with Crippen LogP contribution >= 0.6 is 11.6 Å². The molecule has 20 heavy (non-hydrogen) atoms. The smallest absolute Gasteiger partial charge is 0.367 e. The molecular weight excluding hydrogens is 281 g/mol. The van der Waals surface area contributed by atoms with Gasteiger partial charge in [-0.2, -0.15) is 4.39 Å². The maximum atomic E-state index is 13.3. The van der Waals surface area contributed by atoms with Crippen molar-refractivity contribution in [3.05, 3.63) is 53.0 Å². The lowest BCUT2D eigenvalue weighted by atomic mass is 10.2. The molecule has 0 fully saturated rings. The standard InChI is InChI=1S/C15H13ClFNO2/c1-2-20-15(19)13(17)5-3-4-12-9-10-8-11(16)6-7-14(10)18-12/h3-9,18H,2H2,1H3/b4-3+,13-5-. The van der Waals surface area contributed by atoms with Crippen LogP contribution in [-0.2, 0) is 9.53 Å². The minimum absolute atomic E-state index is 0.145. The van der Waals surface area contributed by atoms with E-state index in [4.69, 9.17) is 11.6 Å². The van der Waals surface area contributed by atoms with Gasteiger partial charge in [0.05, 0.1) is 6.61 Å². The minimum atomic E-state index is -0.958. The Balaban J connectivity index is 2.13. The summed E-state index contributed by atoms with van der Waals surface area (Å²) in [6, 6.07) is 7.37. The number of hydrogen-bond donors (Lipinski definition) is 1. The molecule has 0 saturated carbocycles. The van der Waals surface area contributed by atoms with Crippen molar-refractivity contribution in [3.63, 3.8) is 0 Å².